The Morgan fingerprint density at radius 1 is 0.556 bits per heavy atom. The summed E-state index contributed by atoms with van der Waals surface area (Å²) in [5.74, 6) is -0.0657. The topological polar surface area (TPSA) is 69.6 Å². The molecule has 0 spiro atoms. The van der Waals surface area contributed by atoms with Gasteiger partial charge >= 0.3 is 0 Å². The highest BCUT2D eigenvalue weighted by molar-refractivity contribution is 5.76. The molecule has 0 aliphatic heterocycles. The minimum Gasteiger partial charge on any atom is -0.394 e. The Labute approximate surface area is 225 Å². The lowest BCUT2D eigenvalue weighted by Crippen LogP contribution is -2.45. The summed E-state index contributed by atoms with van der Waals surface area (Å²) in [6.45, 7) is 4.14. The van der Waals surface area contributed by atoms with Crippen molar-refractivity contribution in [1.82, 2.24) is 5.32 Å². The van der Waals surface area contributed by atoms with Gasteiger partial charge in [-0.05, 0) is 12.8 Å². The quantitative estimate of drug-likeness (QED) is 0.0877. The Bertz CT molecular complexity index is 443. The van der Waals surface area contributed by atoms with Gasteiger partial charge in [-0.1, -0.05) is 162 Å². The van der Waals surface area contributed by atoms with Gasteiger partial charge in [0.25, 0.3) is 0 Å². The third-order valence-corrected chi connectivity index (χ3v) is 7.62. The van der Waals surface area contributed by atoms with Gasteiger partial charge in [0.05, 0.1) is 18.8 Å². The van der Waals surface area contributed by atoms with E-state index >= 15 is 0 Å². The number of aliphatic hydroxyl groups excluding tert-OH is 2. The van der Waals surface area contributed by atoms with E-state index in [0.717, 1.165) is 25.7 Å². The summed E-state index contributed by atoms with van der Waals surface area (Å²) in [6.07, 6.45) is 32.4. The zero-order valence-electron chi connectivity index (χ0n) is 24.5. The SMILES string of the molecule is CCCCCCCCCCCCCCCCCCCCCCCCC(O)C(CO)NC(=O)CCCC. The molecule has 0 saturated carbocycles. The molecule has 0 heterocycles. The van der Waals surface area contributed by atoms with Crippen LogP contribution < -0.4 is 5.32 Å². The van der Waals surface area contributed by atoms with Crippen molar-refractivity contribution in [2.45, 2.75) is 193 Å². The summed E-state index contributed by atoms with van der Waals surface area (Å²) in [6, 6.07) is -0.524. The highest BCUT2D eigenvalue weighted by atomic mass is 16.3. The Kier molecular flexibility index (Phi) is 28.5. The smallest absolute Gasteiger partial charge is 0.220 e. The second-order valence-electron chi connectivity index (χ2n) is 11.2. The minimum absolute atomic E-state index is 0.0657. The number of unbranched alkanes of at least 4 members (excludes halogenated alkanes) is 22. The molecule has 0 aromatic heterocycles. The van der Waals surface area contributed by atoms with Gasteiger partial charge in [-0.3, -0.25) is 4.79 Å². The van der Waals surface area contributed by atoms with Gasteiger partial charge in [0.2, 0.25) is 5.91 Å². The molecule has 1 amide bonds. The van der Waals surface area contributed by atoms with E-state index in [4.69, 9.17) is 0 Å². The van der Waals surface area contributed by atoms with E-state index < -0.39 is 12.1 Å². The Balaban J connectivity index is 3.32. The second-order valence-corrected chi connectivity index (χ2v) is 11.2. The molecule has 0 aliphatic carbocycles. The summed E-state index contributed by atoms with van der Waals surface area (Å²) < 4.78 is 0. The van der Waals surface area contributed by atoms with Crippen LogP contribution in [0.1, 0.15) is 181 Å². The standard InChI is InChI=1S/C32H65NO3/c1-3-5-7-8-9-10-11-12-13-14-15-16-17-18-19-20-21-22-23-24-25-26-27-31(35)30(29-34)33-32(36)28-6-4-2/h30-31,34-35H,3-29H2,1-2H3,(H,33,36). The van der Waals surface area contributed by atoms with Gasteiger partial charge in [-0.25, -0.2) is 0 Å². The molecule has 3 N–H and O–H groups in total. The molecule has 0 bridgehead atoms. The summed E-state index contributed by atoms with van der Waals surface area (Å²) in [7, 11) is 0. The third kappa shape index (κ3) is 25.1. The van der Waals surface area contributed by atoms with Crippen LogP contribution in [0.2, 0.25) is 0 Å². The molecular formula is C32H65NO3. The predicted molar refractivity (Wildman–Crippen MR) is 156 cm³/mol. The number of carbonyl (C=O) groups excluding carboxylic acids is 1. The van der Waals surface area contributed by atoms with E-state index in [1.54, 1.807) is 0 Å². The largest absolute Gasteiger partial charge is 0.394 e. The molecule has 4 nitrogen and oxygen atoms in total. The monoisotopic (exact) mass is 511 g/mol. The summed E-state index contributed by atoms with van der Waals surface area (Å²) >= 11 is 0. The zero-order valence-corrected chi connectivity index (χ0v) is 24.5. The first-order valence-electron chi connectivity index (χ1n) is 16.2. The van der Waals surface area contributed by atoms with Crippen LogP contribution in [0.4, 0.5) is 0 Å². The van der Waals surface area contributed by atoms with Crippen molar-refractivity contribution >= 4 is 5.91 Å². The number of carbonyl (C=O) groups is 1. The van der Waals surface area contributed by atoms with E-state index in [9.17, 15) is 15.0 Å². The minimum atomic E-state index is -0.648. The molecule has 0 saturated heterocycles. The molecule has 36 heavy (non-hydrogen) atoms. The Hall–Kier alpha value is -0.610. The highest BCUT2D eigenvalue weighted by Crippen LogP contribution is 2.16. The fourth-order valence-electron chi connectivity index (χ4n) is 5.04. The van der Waals surface area contributed by atoms with Crippen molar-refractivity contribution in [2.24, 2.45) is 0 Å². The van der Waals surface area contributed by atoms with Crippen molar-refractivity contribution in [2.75, 3.05) is 6.61 Å². The first-order valence-corrected chi connectivity index (χ1v) is 16.2. The Morgan fingerprint density at radius 2 is 0.889 bits per heavy atom. The molecule has 216 valence electrons. The van der Waals surface area contributed by atoms with Crippen molar-refractivity contribution in [3.8, 4) is 0 Å². The van der Waals surface area contributed by atoms with E-state index in [1.807, 2.05) is 6.92 Å². The summed E-state index contributed by atoms with van der Waals surface area (Å²) in [5.41, 5.74) is 0. The molecule has 0 radical (unpaired) electrons. The first kappa shape index (κ1) is 35.4. The lowest BCUT2D eigenvalue weighted by molar-refractivity contribution is -0.123. The van der Waals surface area contributed by atoms with Gasteiger partial charge in [0, 0.05) is 6.42 Å². The molecule has 0 aromatic carbocycles. The van der Waals surface area contributed by atoms with Crippen LogP contribution in [0.15, 0.2) is 0 Å². The lowest BCUT2D eigenvalue weighted by Gasteiger charge is -2.22. The number of nitrogens with one attached hydrogen (secondary N) is 1. The van der Waals surface area contributed by atoms with Gasteiger partial charge in [0.15, 0.2) is 0 Å². The maximum atomic E-state index is 11.8. The number of hydrogen-bond acceptors (Lipinski definition) is 3. The lowest BCUT2D eigenvalue weighted by atomic mass is 10.0. The van der Waals surface area contributed by atoms with Crippen LogP contribution in [-0.4, -0.2) is 34.9 Å². The molecule has 2 unspecified atom stereocenters. The van der Waals surface area contributed by atoms with Crippen LogP contribution in [0, 0.1) is 0 Å². The molecule has 2 atom stereocenters. The maximum absolute atomic E-state index is 11.8. The van der Waals surface area contributed by atoms with Gasteiger partial charge in [-0.2, -0.15) is 0 Å². The Morgan fingerprint density at radius 3 is 1.22 bits per heavy atom. The van der Waals surface area contributed by atoms with Gasteiger partial charge in [-0.15, -0.1) is 0 Å². The van der Waals surface area contributed by atoms with Crippen molar-refractivity contribution in [1.29, 1.82) is 0 Å². The van der Waals surface area contributed by atoms with E-state index in [1.165, 1.54) is 128 Å². The molecule has 0 rings (SSSR count). The molecule has 4 heteroatoms. The normalized spacial score (nSPS) is 13.1. The van der Waals surface area contributed by atoms with Crippen LogP contribution in [0.3, 0.4) is 0 Å². The third-order valence-electron chi connectivity index (χ3n) is 7.62. The van der Waals surface area contributed by atoms with Gasteiger partial charge < -0.3 is 15.5 Å². The average molecular weight is 512 g/mol. The number of aliphatic hydroxyl groups is 2. The van der Waals surface area contributed by atoms with E-state index in [0.29, 0.717) is 12.8 Å². The van der Waals surface area contributed by atoms with Crippen molar-refractivity contribution < 1.29 is 15.0 Å². The van der Waals surface area contributed by atoms with Crippen LogP contribution in [-0.2, 0) is 4.79 Å². The molecule has 0 aliphatic rings. The number of rotatable bonds is 29. The zero-order chi connectivity index (χ0) is 26.5. The highest BCUT2D eigenvalue weighted by Gasteiger charge is 2.19. The average Bonchev–Trinajstić information content (AvgIpc) is 2.88. The predicted octanol–water partition coefficient (Wildman–Crippen LogP) is 9.01. The molecular weight excluding hydrogens is 446 g/mol. The summed E-state index contributed by atoms with van der Waals surface area (Å²) in [4.78, 5) is 11.8. The fourth-order valence-corrected chi connectivity index (χ4v) is 5.04. The fraction of sp³-hybridized carbons (Fsp3) is 0.969. The van der Waals surface area contributed by atoms with Crippen LogP contribution in [0.5, 0.6) is 0 Å². The molecule has 0 fully saturated rings. The number of hydrogen-bond donors (Lipinski definition) is 3. The summed E-state index contributed by atoms with van der Waals surface area (Å²) in [5, 5.41) is 22.5. The van der Waals surface area contributed by atoms with Crippen molar-refractivity contribution in [3.63, 3.8) is 0 Å². The van der Waals surface area contributed by atoms with Crippen molar-refractivity contribution in [3.05, 3.63) is 0 Å². The second kappa shape index (κ2) is 29.0. The van der Waals surface area contributed by atoms with E-state index in [2.05, 4.69) is 12.2 Å². The van der Waals surface area contributed by atoms with Crippen LogP contribution in [0.25, 0.3) is 0 Å². The molecule has 0 aromatic rings. The first-order chi connectivity index (χ1) is 17.7. The van der Waals surface area contributed by atoms with E-state index in [-0.39, 0.29) is 12.5 Å². The maximum Gasteiger partial charge on any atom is 0.220 e. The number of amides is 1. The van der Waals surface area contributed by atoms with Gasteiger partial charge in [0.1, 0.15) is 0 Å². The van der Waals surface area contributed by atoms with Crippen LogP contribution >= 0.6 is 0 Å².